The highest BCUT2D eigenvalue weighted by molar-refractivity contribution is 5.71. The van der Waals surface area contributed by atoms with Crippen LogP contribution in [0, 0.1) is 0 Å². The summed E-state index contributed by atoms with van der Waals surface area (Å²) in [6.45, 7) is 6.59. The molecule has 0 aliphatic rings. The largest absolute Gasteiger partial charge is 0.462 e. The van der Waals surface area contributed by atoms with Crippen molar-refractivity contribution in [3.63, 3.8) is 0 Å². The van der Waals surface area contributed by atoms with E-state index in [1.807, 2.05) is 0 Å². The van der Waals surface area contributed by atoms with E-state index in [4.69, 9.17) is 14.2 Å². The summed E-state index contributed by atoms with van der Waals surface area (Å²) in [5.74, 6) is -0.863. The molecule has 0 radical (unpaired) electrons. The molecule has 0 aromatic heterocycles. The number of hydrogen-bond donors (Lipinski definition) is 0. The van der Waals surface area contributed by atoms with Crippen LogP contribution in [-0.4, -0.2) is 37.2 Å². The lowest BCUT2D eigenvalue weighted by molar-refractivity contribution is -0.167. The van der Waals surface area contributed by atoms with Crippen LogP contribution in [0.15, 0.2) is 0 Å². The van der Waals surface area contributed by atoms with Crippen molar-refractivity contribution in [3.05, 3.63) is 0 Å². The van der Waals surface area contributed by atoms with E-state index in [1.54, 1.807) is 0 Å². The maximum Gasteiger partial charge on any atom is 0.306 e. The lowest BCUT2D eigenvalue weighted by Crippen LogP contribution is -2.30. The monoisotopic (exact) mass is 681 g/mol. The smallest absolute Gasteiger partial charge is 0.306 e. The normalized spacial score (nSPS) is 11.8. The number of hydrogen-bond acceptors (Lipinski definition) is 6. The Kier molecular flexibility index (Phi) is 36.9. The van der Waals surface area contributed by atoms with Crippen LogP contribution >= 0.6 is 0 Å². The fourth-order valence-corrected chi connectivity index (χ4v) is 6.15. The van der Waals surface area contributed by atoms with Crippen LogP contribution in [0.5, 0.6) is 0 Å². The molecule has 0 aromatic carbocycles. The van der Waals surface area contributed by atoms with Crippen LogP contribution < -0.4 is 0 Å². The molecule has 0 aromatic rings. The Morgan fingerprint density at radius 3 is 0.833 bits per heavy atom. The van der Waals surface area contributed by atoms with Gasteiger partial charge in [-0.3, -0.25) is 14.4 Å². The van der Waals surface area contributed by atoms with Gasteiger partial charge in [0.05, 0.1) is 0 Å². The summed E-state index contributed by atoms with van der Waals surface area (Å²) >= 11 is 0. The highest BCUT2D eigenvalue weighted by Gasteiger charge is 2.19. The zero-order valence-electron chi connectivity index (χ0n) is 32.3. The van der Waals surface area contributed by atoms with Gasteiger partial charge in [0.15, 0.2) is 6.10 Å². The van der Waals surface area contributed by atoms with Gasteiger partial charge >= 0.3 is 17.9 Å². The standard InChI is InChI=1S/C42H80O6/c1-4-7-10-13-16-19-21-22-24-26-29-32-35-41(44)47-38-39(37-46-40(43)34-31-28-25-18-15-12-9-6-3)48-42(45)36-33-30-27-23-20-17-14-11-8-5-2/h39H,4-38H2,1-3H3. The predicted octanol–water partition coefficient (Wildman–Crippen LogP) is 12.9. The fourth-order valence-electron chi connectivity index (χ4n) is 6.15. The summed E-state index contributed by atoms with van der Waals surface area (Å²) in [6, 6.07) is 0. The zero-order valence-corrected chi connectivity index (χ0v) is 32.3. The molecule has 0 amide bonds. The third-order valence-electron chi connectivity index (χ3n) is 9.36. The van der Waals surface area contributed by atoms with E-state index in [1.165, 1.54) is 135 Å². The fraction of sp³-hybridized carbons (Fsp3) is 0.929. The highest BCUT2D eigenvalue weighted by Crippen LogP contribution is 2.15. The van der Waals surface area contributed by atoms with Crippen LogP contribution in [0.1, 0.15) is 233 Å². The molecule has 0 fully saturated rings. The van der Waals surface area contributed by atoms with Crippen molar-refractivity contribution >= 4 is 17.9 Å². The molecular formula is C42H80O6. The summed E-state index contributed by atoms with van der Waals surface area (Å²) in [6.07, 6.45) is 36.6. The minimum atomic E-state index is -0.756. The highest BCUT2D eigenvalue weighted by atomic mass is 16.6. The Bertz CT molecular complexity index is 708. The van der Waals surface area contributed by atoms with Crippen molar-refractivity contribution in [3.8, 4) is 0 Å². The molecule has 0 heterocycles. The third kappa shape index (κ3) is 35.7. The Morgan fingerprint density at radius 1 is 0.333 bits per heavy atom. The van der Waals surface area contributed by atoms with Crippen molar-refractivity contribution in [2.24, 2.45) is 0 Å². The maximum atomic E-state index is 12.6. The second-order valence-electron chi connectivity index (χ2n) is 14.3. The molecule has 1 unspecified atom stereocenters. The Hall–Kier alpha value is -1.59. The van der Waals surface area contributed by atoms with E-state index < -0.39 is 6.10 Å². The van der Waals surface area contributed by atoms with Gasteiger partial charge in [0, 0.05) is 19.3 Å². The van der Waals surface area contributed by atoms with Crippen molar-refractivity contribution in [2.75, 3.05) is 13.2 Å². The lowest BCUT2D eigenvalue weighted by Gasteiger charge is -2.18. The van der Waals surface area contributed by atoms with Gasteiger partial charge in [-0.25, -0.2) is 0 Å². The van der Waals surface area contributed by atoms with Crippen LogP contribution in [0.4, 0.5) is 0 Å². The van der Waals surface area contributed by atoms with Crippen LogP contribution in [0.25, 0.3) is 0 Å². The van der Waals surface area contributed by atoms with E-state index in [9.17, 15) is 14.4 Å². The van der Waals surface area contributed by atoms with Crippen molar-refractivity contribution in [1.29, 1.82) is 0 Å². The Balaban J connectivity index is 4.31. The van der Waals surface area contributed by atoms with Gasteiger partial charge in [0.2, 0.25) is 0 Å². The average Bonchev–Trinajstić information content (AvgIpc) is 3.08. The van der Waals surface area contributed by atoms with E-state index in [2.05, 4.69) is 20.8 Å². The van der Waals surface area contributed by atoms with Gasteiger partial charge in [-0.2, -0.15) is 0 Å². The molecule has 0 saturated carbocycles. The minimum Gasteiger partial charge on any atom is -0.462 e. The first-order valence-electron chi connectivity index (χ1n) is 21.0. The number of carbonyl (C=O) groups excluding carboxylic acids is 3. The summed E-state index contributed by atoms with van der Waals surface area (Å²) in [5.41, 5.74) is 0. The molecule has 0 aliphatic carbocycles. The van der Waals surface area contributed by atoms with Gasteiger partial charge in [0.25, 0.3) is 0 Å². The summed E-state index contributed by atoms with van der Waals surface area (Å²) in [7, 11) is 0. The molecule has 0 N–H and O–H groups in total. The molecule has 6 heteroatoms. The molecule has 48 heavy (non-hydrogen) atoms. The molecule has 0 saturated heterocycles. The number of unbranched alkanes of at least 4 members (excludes halogenated alkanes) is 27. The Labute approximate surface area is 298 Å². The van der Waals surface area contributed by atoms with Gasteiger partial charge in [-0.15, -0.1) is 0 Å². The average molecular weight is 681 g/mol. The molecule has 0 bridgehead atoms. The topological polar surface area (TPSA) is 78.9 Å². The van der Waals surface area contributed by atoms with Gasteiger partial charge in [-0.1, -0.05) is 194 Å². The van der Waals surface area contributed by atoms with Crippen LogP contribution in [0.3, 0.4) is 0 Å². The number of esters is 3. The number of ether oxygens (including phenoxy) is 3. The predicted molar refractivity (Wildman–Crippen MR) is 201 cm³/mol. The molecule has 0 rings (SSSR count). The minimum absolute atomic E-state index is 0.0636. The van der Waals surface area contributed by atoms with Crippen molar-refractivity contribution in [2.45, 2.75) is 239 Å². The van der Waals surface area contributed by atoms with Gasteiger partial charge in [-0.05, 0) is 19.3 Å². The molecular weight excluding hydrogens is 600 g/mol. The molecule has 0 spiro atoms. The molecule has 284 valence electrons. The summed E-state index contributed by atoms with van der Waals surface area (Å²) in [5, 5.41) is 0. The van der Waals surface area contributed by atoms with Crippen molar-refractivity contribution < 1.29 is 28.6 Å². The number of rotatable bonds is 38. The quantitative estimate of drug-likeness (QED) is 0.0367. The third-order valence-corrected chi connectivity index (χ3v) is 9.36. The summed E-state index contributed by atoms with van der Waals surface area (Å²) in [4.78, 5) is 37.4. The first-order valence-corrected chi connectivity index (χ1v) is 21.0. The molecule has 1 atom stereocenters. The van der Waals surface area contributed by atoms with E-state index in [0.717, 1.165) is 57.8 Å². The molecule has 0 aliphatic heterocycles. The van der Waals surface area contributed by atoms with Gasteiger partial charge in [0.1, 0.15) is 13.2 Å². The Morgan fingerprint density at radius 2 is 0.562 bits per heavy atom. The first-order chi connectivity index (χ1) is 23.5. The maximum absolute atomic E-state index is 12.6. The van der Waals surface area contributed by atoms with Gasteiger partial charge < -0.3 is 14.2 Å². The van der Waals surface area contributed by atoms with Crippen LogP contribution in [-0.2, 0) is 28.6 Å². The second-order valence-corrected chi connectivity index (χ2v) is 14.3. The van der Waals surface area contributed by atoms with E-state index in [0.29, 0.717) is 19.3 Å². The van der Waals surface area contributed by atoms with E-state index >= 15 is 0 Å². The summed E-state index contributed by atoms with van der Waals surface area (Å²) < 4.78 is 16.6. The second kappa shape index (κ2) is 38.2. The van der Waals surface area contributed by atoms with Crippen molar-refractivity contribution in [1.82, 2.24) is 0 Å². The number of carbonyl (C=O) groups is 3. The lowest BCUT2D eigenvalue weighted by atomic mass is 10.0. The SMILES string of the molecule is CCCCCCCCCCCCCCC(=O)OCC(COC(=O)CCCCCCCCCC)OC(=O)CCCCCCCCCCCC. The van der Waals surface area contributed by atoms with Crippen LogP contribution in [0.2, 0.25) is 0 Å². The zero-order chi connectivity index (χ0) is 35.2. The first kappa shape index (κ1) is 46.4. The van der Waals surface area contributed by atoms with E-state index in [-0.39, 0.29) is 31.1 Å². The molecule has 6 nitrogen and oxygen atoms in total.